The molecule has 0 spiro atoms. The van der Waals surface area contributed by atoms with Gasteiger partial charge in [-0.15, -0.1) is 0 Å². The van der Waals surface area contributed by atoms with Crippen LogP contribution in [0.15, 0.2) is 42.5 Å². The molecule has 0 aliphatic rings. The molecule has 1 aromatic heterocycles. The van der Waals surface area contributed by atoms with Crippen molar-refractivity contribution in [2.45, 2.75) is 27.3 Å². The summed E-state index contributed by atoms with van der Waals surface area (Å²) in [5, 5.41) is 8.75. The second-order valence-electron chi connectivity index (χ2n) is 6.16. The smallest absolute Gasteiger partial charge is 0.259 e. The zero-order valence-corrected chi connectivity index (χ0v) is 16.3. The van der Waals surface area contributed by atoms with Gasteiger partial charge >= 0.3 is 0 Å². The van der Waals surface area contributed by atoms with Crippen LogP contribution in [0.25, 0.3) is 0 Å². The lowest BCUT2D eigenvalue weighted by Gasteiger charge is -2.10. The zero-order valence-electron chi connectivity index (χ0n) is 14.8. The van der Waals surface area contributed by atoms with Gasteiger partial charge in [0.2, 0.25) is 0 Å². The molecule has 4 nitrogen and oxygen atoms in total. The van der Waals surface area contributed by atoms with Crippen molar-refractivity contribution >= 4 is 34.8 Å². The average Bonchev–Trinajstić information content (AvgIpc) is 2.88. The Morgan fingerprint density at radius 1 is 1.04 bits per heavy atom. The van der Waals surface area contributed by atoms with E-state index < -0.39 is 0 Å². The van der Waals surface area contributed by atoms with E-state index in [0.29, 0.717) is 33.5 Å². The summed E-state index contributed by atoms with van der Waals surface area (Å²) in [5.41, 5.74) is 4.52. The topological polar surface area (TPSA) is 46.9 Å². The fraction of sp³-hybridized carbons (Fsp3) is 0.200. The Bertz CT molecular complexity index is 979. The molecule has 1 amide bonds. The number of carbonyl (C=O) groups excluding carboxylic acids is 1. The van der Waals surface area contributed by atoms with Crippen LogP contribution in [0.1, 0.15) is 32.9 Å². The molecule has 0 fully saturated rings. The molecule has 0 aliphatic heterocycles. The van der Waals surface area contributed by atoms with Crippen molar-refractivity contribution in [3.8, 4) is 0 Å². The van der Waals surface area contributed by atoms with E-state index >= 15 is 0 Å². The molecule has 3 aromatic rings. The van der Waals surface area contributed by atoms with Gasteiger partial charge in [0.05, 0.1) is 17.8 Å². The number of aryl methyl sites for hydroxylation is 1. The molecule has 0 saturated carbocycles. The minimum absolute atomic E-state index is 0.198. The number of hydrogen-bond donors (Lipinski definition) is 1. The van der Waals surface area contributed by atoms with Crippen LogP contribution in [0.3, 0.4) is 0 Å². The maximum Gasteiger partial charge on any atom is 0.259 e. The lowest BCUT2D eigenvalue weighted by atomic mass is 10.1. The van der Waals surface area contributed by atoms with Crippen LogP contribution in [0.2, 0.25) is 10.0 Å². The van der Waals surface area contributed by atoms with Gasteiger partial charge < -0.3 is 5.32 Å². The van der Waals surface area contributed by atoms with Crippen LogP contribution in [0.5, 0.6) is 0 Å². The first-order valence-corrected chi connectivity index (χ1v) is 8.98. The van der Waals surface area contributed by atoms with E-state index in [0.717, 1.165) is 16.8 Å². The number of amides is 1. The van der Waals surface area contributed by atoms with E-state index in [1.807, 2.05) is 57.2 Å². The fourth-order valence-corrected chi connectivity index (χ4v) is 3.27. The summed E-state index contributed by atoms with van der Waals surface area (Å²) in [6.45, 7) is 6.10. The normalized spacial score (nSPS) is 10.8. The summed E-state index contributed by atoms with van der Waals surface area (Å²) >= 11 is 12.4. The molecule has 1 heterocycles. The Kier molecular flexibility index (Phi) is 5.35. The van der Waals surface area contributed by atoms with Crippen molar-refractivity contribution in [3.63, 3.8) is 0 Å². The third-order valence-electron chi connectivity index (χ3n) is 4.40. The van der Waals surface area contributed by atoms with Crippen LogP contribution < -0.4 is 5.32 Å². The number of nitrogens with zero attached hydrogens (tertiary/aromatic N) is 2. The van der Waals surface area contributed by atoms with Crippen LogP contribution in [-0.2, 0) is 6.54 Å². The molecule has 6 heteroatoms. The third kappa shape index (κ3) is 3.62. The molecule has 134 valence electrons. The Morgan fingerprint density at radius 2 is 1.73 bits per heavy atom. The van der Waals surface area contributed by atoms with Crippen LogP contribution in [0, 0.1) is 20.8 Å². The number of rotatable bonds is 4. The molecule has 0 radical (unpaired) electrons. The molecule has 3 rings (SSSR count). The summed E-state index contributed by atoms with van der Waals surface area (Å²) in [5.74, 6) is -0.198. The highest BCUT2D eigenvalue weighted by atomic mass is 35.5. The number of anilines is 1. The van der Waals surface area contributed by atoms with Gasteiger partial charge in [-0.1, -0.05) is 47.5 Å². The standard InChI is InChI=1S/C20H19Cl2N3O/c1-12-16(21)9-6-10-18(12)23-20(26)19-13(2)24-25(14(19)3)11-15-7-4-5-8-17(15)22/h4-10H,11H2,1-3H3,(H,23,26). The van der Waals surface area contributed by atoms with E-state index in [-0.39, 0.29) is 5.91 Å². The van der Waals surface area contributed by atoms with E-state index in [2.05, 4.69) is 10.4 Å². The molecule has 0 aliphatic carbocycles. The lowest BCUT2D eigenvalue weighted by Crippen LogP contribution is -2.15. The van der Waals surface area contributed by atoms with Crippen molar-refractivity contribution in [2.24, 2.45) is 0 Å². The molecule has 0 bridgehead atoms. The molecular formula is C20H19Cl2N3O. The van der Waals surface area contributed by atoms with Crippen LogP contribution >= 0.6 is 23.2 Å². The Labute approximate surface area is 162 Å². The van der Waals surface area contributed by atoms with Crippen molar-refractivity contribution in [3.05, 3.63) is 80.6 Å². The maximum absolute atomic E-state index is 12.8. The highest BCUT2D eigenvalue weighted by molar-refractivity contribution is 6.32. The first kappa shape index (κ1) is 18.5. The second kappa shape index (κ2) is 7.52. The number of benzene rings is 2. The predicted molar refractivity (Wildman–Crippen MR) is 106 cm³/mol. The Balaban J connectivity index is 1.89. The molecule has 1 N–H and O–H groups in total. The van der Waals surface area contributed by atoms with Crippen LogP contribution in [-0.4, -0.2) is 15.7 Å². The summed E-state index contributed by atoms with van der Waals surface area (Å²) in [6, 6.07) is 13.1. The SMILES string of the molecule is Cc1nn(Cc2ccccc2Cl)c(C)c1C(=O)Nc1cccc(Cl)c1C. The van der Waals surface area contributed by atoms with Crippen molar-refractivity contribution in [2.75, 3.05) is 5.32 Å². The molecule has 2 aromatic carbocycles. The van der Waals surface area contributed by atoms with Crippen molar-refractivity contribution in [1.29, 1.82) is 0 Å². The van der Waals surface area contributed by atoms with Gasteiger partial charge in [0, 0.05) is 21.4 Å². The predicted octanol–water partition coefficient (Wildman–Crippen LogP) is 5.42. The van der Waals surface area contributed by atoms with E-state index in [1.165, 1.54) is 0 Å². The van der Waals surface area contributed by atoms with Gasteiger partial charge in [-0.3, -0.25) is 9.48 Å². The Morgan fingerprint density at radius 3 is 2.46 bits per heavy atom. The van der Waals surface area contributed by atoms with Crippen molar-refractivity contribution in [1.82, 2.24) is 9.78 Å². The monoisotopic (exact) mass is 387 g/mol. The number of nitrogens with one attached hydrogen (secondary N) is 1. The van der Waals surface area contributed by atoms with Gasteiger partial charge in [-0.2, -0.15) is 5.10 Å². The summed E-state index contributed by atoms with van der Waals surface area (Å²) < 4.78 is 1.80. The van der Waals surface area contributed by atoms with Crippen molar-refractivity contribution < 1.29 is 4.79 Å². The maximum atomic E-state index is 12.8. The molecular weight excluding hydrogens is 369 g/mol. The highest BCUT2D eigenvalue weighted by Gasteiger charge is 2.20. The lowest BCUT2D eigenvalue weighted by molar-refractivity contribution is 0.102. The number of carbonyl (C=O) groups is 1. The molecule has 0 atom stereocenters. The van der Waals surface area contributed by atoms with Gasteiger partial charge in [0.15, 0.2) is 0 Å². The van der Waals surface area contributed by atoms with Gasteiger partial charge in [-0.25, -0.2) is 0 Å². The number of halogens is 2. The van der Waals surface area contributed by atoms with E-state index in [1.54, 1.807) is 10.7 Å². The van der Waals surface area contributed by atoms with Gasteiger partial charge in [0.1, 0.15) is 0 Å². The highest BCUT2D eigenvalue weighted by Crippen LogP contribution is 2.25. The van der Waals surface area contributed by atoms with Gasteiger partial charge in [-0.05, 0) is 50.1 Å². The molecule has 0 saturated heterocycles. The Hall–Kier alpha value is -2.30. The van der Waals surface area contributed by atoms with E-state index in [4.69, 9.17) is 23.2 Å². The molecule has 0 unspecified atom stereocenters. The summed E-state index contributed by atoms with van der Waals surface area (Å²) in [6.07, 6.45) is 0. The third-order valence-corrected chi connectivity index (χ3v) is 5.18. The first-order chi connectivity index (χ1) is 12.4. The van der Waals surface area contributed by atoms with Gasteiger partial charge in [0.25, 0.3) is 5.91 Å². The molecule has 26 heavy (non-hydrogen) atoms. The number of hydrogen-bond acceptors (Lipinski definition) is 2. The zero-order chi connectivity index (χ0) is 18.8. The minimum Gasteiger partial charge on any atom is -0.322 e. The number of aromatic nitrogens is 2. The van der Waals surface area contributed by atoms with Crippen LogP contribution in [0.4, 0.5) is 5.69 Å². The second-order valence-corrected chi connectivity index (χ2v) is 6.98. The quantitative estimate of drug-likeness (QED) is 0.649. The van der Waals surface area contributed by atoms with E-state index in [9.17, 15) is 4.79 Å². The average molecular weight is 388 g/mol. The minimum atomic E-state index is -0.198. The summed E-state index contributed by atoms with van der Waals surface area (Å²) in [7, 11) is 0. The fourth-order valence-electron chi connectivity index (χ4n) is 2.90. The first-order valence-electron chi connectivity index (χ1n) is 8.22. The summed E-state index contributed by atoms with van der Waals surface area (Å²) in [4.78, 5) is 12.8. The largest absolute Gasteiger partial charge is 0.322 e.